The summed E-state index contributed by atoms with van der Waals surface area (Å²) < 4.78 is 34.5. The molecule has 2 N–H and O–H groups in total. The van der Waals surface area contributed by atoms with Crippen LogP contribution in [0.4, 0.5) is 0 Å². The molecule has 2 saturated heterocycles. The van der Waals surface area contributed by atoms with Crippen LogP contribution in [-0.4, -0.2) is 57.2 Å². The first-order valence-electron chi connectivity index (χ1n) is 6.60. The van der Waals surface area contributed by atoms with Gasteiger partial charge in [0.25, 0.3) is 10.2 Å². The van der Waals surface area contributed by atoms with Gasteiger partial charge in [0, 0.05) is 25.2 Å². The molecule has 2 aliphatic heterocycles. The van der Waals surface area contributed by atoms with Gasteiger partial charge in [-0.25, -0.2) is 0 Å². The highest BCUT2D eigenvalue weighted by Crippen LogP contribution is 2.16. The molecular weight excluding hydrogens is 254 g/mol. The first-order valence-corrected chi connectivity index (χ1v) is 8.04. The lowest BCUT2D eigenvalue weighted by molar-refractivity contribution is -0.0176. The molecule has 0 aromatic rings. The van der Waals surface area contributed by atoms with Crippen LogP contribution < -0.4 is 10.0 Å². The Kier molecular flexibility index (Phi) is 4.60. The van der Waals surface area contributed by atoms with Crippen molar-refractivity contribution in [2.75, 3.05) is 26.2 Å². The van der Waals surface area contributed by atoms with E-state index in [4.69, 9.17) is 4.74 Å². The predicted octanol–water partition coefficient (Wildman–Crippen LogP) is -0.318. The van der Waals surface area contributed by atoms with E-state index in [1.54, 1.807) is 0 Å². The quantitative estimate of drug-likeness (QED) is 0.742. The van der Waals surface area contributed by atoms with E-state index >= 15 is 0 Å². The second kappa shape index (κ2) is 5.83. The fourth-order valence-electron chi connectivity index (χ4n) is 2.44. The zero-order chi connectivity index (χ0) is 13.2. The summed E-state index contributed by atoms with van der Waals surface area (Å²) in [5.41, 5.74) is 0. The second-order valence-corrected chi connectivity index (χ2v) is 6.88. The summed E-state index contributed by atoms with van der Waals surface area (Å²) in [6.45, 7) is 6.36. The molecule has 2 fully saturated rings. The molecule has 0 aromatic heterocycles. The minimum atomic E-state index is -3.40. The van der Waals surface area contributed by atoms with Crippen molar-refractivity contribution in [3.63, 3.8) is 0 Å². The van der Waals surface area contributed by atoms with Crippen molar-refractivity contribution in [2.24, 2.45) is 0 Å². The first-order chi connectivity index (χ1) is 8.49. The summed E-state index contributed by atoms with van der Waals surface area (Å²) in [7, 11) is -3.40. The summed E-state index contributed by atoms with van der Waals surface area (Å²) in [5, 5.41) is 3.21. The molecule has 6 nitrogen and oxygen atoms in total. The van der Waals surface area contributed by atoms with Crippen LogP contribution in [0.3, 0.4) is 0 Å². The minimum absolute atomic E-state index is 0.00843. The van der Waals surface area contributed by atoms with Crippen molar-refractivity contribution in [3.05, 3.63) is 0 Å². The van der Waals surface area contributed by atoms with Crippen LogP contribution in [0.5, 0.6) is 0 Å². The van der Waals surface area contributed by atoms with E-state index in [-0.39, 0.29) is 18.2 Å². The van der Waals surface area contributed by atoms with Gasteiger partial charge in [-0.2, -0.15) is 17.4 Å². The first kappa shape index (κ1) is 14.2. The summed E-state index contributed by atoms with van der Waals surface area (Å²) in [6, 6.07) is -0.0932. The van der Waals surface area contributed by atoms with Crippen LogP contribution in [0.15, 0.2) is 0 Å². The maximum atomic E-state index is 12.3. The Morgan fingerprint density at radius 3 is 2.83 bits per heavy atom. The van der Waals surface area contributed by atoms with Crippen molar-refractivity contribution < 1.29 is 13.2 Å². The van der Waals surface area contributed by atoms with E-state index < -0.39 is 10.2 Å². The van der Waals surface area contributed by atoms with E-state index in [0.29, 0.717) is 19.7 Å². The molecule has 0 saturated carbocycles. The second-order valence-electron chi connectivity index (χ2n) is 5.23. The van der Waals surface area contributed by atoms with Gasteiger partial charge in [-0.05, 0) is 33.2 Å². The molecule has 0 spiro atoms. The van der Waals surface area contributed by atoms with Gasteiger partial charge in [-0.1, -0.05) is 0 Å². The molecule has 3 atom stereocenters. The smallest absolute Gasteiger partial charge is 0.280 e. The van der Waals surface area contributed by atoms with Gasteiger partial charge in [0.05, 0.1) is 12.7 Å². The lowest BCUT2D eigenvalue weighted by Crippen LogP contribution is -2.57. The summed E-state index contributed by atoms with van der Waals surface area (Å²) in [4.78, 5) is 0. The van der Waals surface area contributed by atoms with E-state index in [9.17, 15) is 8.42 Å². The standard InChI is InChI=1S/C11H23N3O3S/c1-9-8-17-10(2)7-14(9)18(15,16)13-11-4-3-5-12-6-11/h9-13H,3-8H2,1-2H3. The molecule has 2 aliphatic rings. The van der Waals surface area contributed by atoms with Crippen LogP contribution in [0.1, 0.15) is 26.7 Å². The number of nitrogens with zero attached hydrogens (tertiary/aromatic N) is 1. The lowest BCUT2D eigenvalue weighted by Gasteiger charge is -2.37. The van der Waals surface area contributed by atoms with Crippen LogP contribution >= 0.6 is 0 Å². The number of nitrogens with one attached hydrogen (secondary N) is 2. The Balaban J connectivity index is 2.00. The fraction of sp³-hybridized carbons (Fsp3) is 1.00. The molecule has 7 heteroatoms. The van der Waals surface area contributed by atoms with Gasteiger partial charge in [0.15, 0.2) is 0 Å². The highest BCUT2D eigenvalue weighted by Gasteiger charge is 2.34. The van der Waals surface area contributed by atoms with Crippen LogP contribution in [0, 0.1) is 0 Å². The SMILES string of the molecule is CC1CN(S(=O)(=O)NC2CCCNC2)C(C)CO1. The van der Waals surface area contributed by atoms with Crippen LogP contribution in [0.2, 0.25) is 0 Å². The average molecular weight is 277 g/mol. The molecule has 2 heterocycles. The lowest BCUT2D eigenvalue weighted by atomic mass is 10.1. The highest BCUT2D eigenvalue weighted by molar-refractivity contribution is 7.87. The van der Waals surface area contributed by atoms with Crippen molar-refractivity contribution in [1.82, 2.24) is 14.3 Å². The number of piperidine rings is 1. The van der Waals surface area contributed by atoms with Crippen LogP contribution in [-0.2, 0) is 14.9 Å². The summed E-state index contributed by atoms with van der Waals surface area (Å²) in [5.74, 6) is 0. The van der Waals surface area contributed by atoms with Gasteiger partial charge >= 0.3 is 0 Å². The molecule has 0 aromatic carbocycles. The zero-order valence-electron chi connectivity index (χ0n) is 11.1. The van der Waals surface area contributed by atoms with E-state index in [0.717, 1.165) is 19.4 Å². The fourth-order valence-corrected chi connectivity index (χ4v) is 4.14. The van der Waals surface area contributed by atoms with Crippen molar-refractivity contribution in [1.29, 1.82) is 0 Å². The van der Waals surface area contributed by atoms with Gasteiger partial charge in [0.2, 0.25) is 0 Å². The monoisotopic (exact) mass is 277 g/mol. The Hall–Kier alpha value is -0.210. The molecule has 3 unspecified atom stereocenters. The molecule has 0 amide bonds. The molecule has 2 rings (SSSR count). The number of morpholine rings is 1. The van der Waals surface area contributed by atoms with E-state index in [1.807, 2.05) is 13.8 Å². The number of hydrogen-bond donors (Lipinski definition) is 2. The topological polar surface area (TPSA) is 70.7 Å². The molecule has 106 valence electrons. The van der Waals surface area contributed by atoms with Crippen molar-refractivity contribution in [2.45, 2.75) is 44.9 Å². The summed E-state index contributed by atoms with van der Waals surface area (Å²) >= 11 is 0. The normalized spacial score (nSPS) is 35.6. The molecule has 0 bridgehead atoms. The Morgan fingerprint density at radius 1 is 1.39 bits per heavy atom. The zero-order valence-corrected chi connectivity index (χ0v) is 11.9. The number of rotatable bonds is 3. The highest BCUT2D eigenvalue weighted by atomic mass is 32.2. The number of hydrogen-bond acceptors (Lipinski definition) is 4. The molecule has 0 radical (unpaired) electrons. The third-order valence-electron chi connectivity index (χ3n) is 3.47. The average Bonchev–Trinajstić information content (AvgIpc) is 2.33. The van der Waals surface area contributed by atoms with Crippen LogP contribution in [0.25, 0.3) is 0 Å². The van der Waals surface area contributed by atoms with E-state index in [1.165, 1.54) is 4.31 Å². The van der Waals surface area contributed by atoms with E-state index in [2.05, 4.69) is 10.0 Å². The Morgan fingerprint density at radius 2 is 2.17 bits per heavy atom. The van der Waals surface area contributed by atoms with Crippen molar-refractivity contribution >= 4 is 10.2 Å². The largest absolute Gasteiger partial charge is 0.375 e. The van der Waals surface area contributed by atoms with Crippen molar-refractivity contribution in [3.8, 4) is 0 Å². The molecular formula is C11H23N3O3S. The number of ether oxygens (including phenoxy) is 1. The predicted molar refractivity (Wildman–Crippen MR) is 69.5 cm³/mol. The maximum Gasteiger partial charge on any atom is 0.280 e. The third kappa shape index (κ3) is 3.42. The third-order valence-corrected chi connectivity index (χ3v) is 5.23. The van der Waals surface area contributed by atoms with Gasteiger partial charge in [-0.3, -0.25) is 0 Å². The minimum Gasteiger partial charge on any atom is -0.375 e. The summed E-state index contributed by atoms with van der Waals surface area (Å²) in [6.07, 6.45) is 1.88. The Labute approximate surface area is 109 Å². The molecule has 0 aliphatic carbocycles. The van der Waals surface area contributed by atoms with Gasteiger partial charge in [-0.15, -0.1) is 0 Å². The Bertz CT molecular complexity index is 368. The maximum absolute atomic E-state index is 12.3. The van der Waals surface area contributed by atoms with Gasteiger partial charge < -0.3 is 10.1 Å². The molecule has 18 heavy (non-hydrogen) atoms. The van der Waals surface area contributed by atoms with Gasteiger partial charge in [0.1, 0.15) is 0 Å².